The fraction of sp³-hybridized carbons (Fsp3) is 0.160. The lowest BCUT2D eigenvalue weighted by molar-refractivity contribution is 0.351. The fourth-order valence-corrected chi connectivity index (χ4v) is 4.52. The molecule has 2 aliphatic rings. The first-order valence-corrected chi connectivity index (χ1v) is 10.8. The molecule has 1 aromatic carbocycles. The Morgan fingerprint density at radius 1 is 1.09 bits per heavy atom. The Morgan fingerprint density at radius 2 is 2.06 bits per heavy atom. The van der Waals surface area contributed by atoms with Crippen LogP contribution in [-0.4, -0.2) is 39.4 Å². The molecule has 0 fully saturated rings. The van der Waals surface area contributed by atoms with E-state index in [2.05, 4.69) is 68.1 Å². The highest BCUT2D eigenvalue weighted by atomic mass is 15.5. The van der Waals surface area contributed by atoms with Crippen LogP contribution in [0.4, 0.5) is 11.5 Å². The number of hydrogen-bond donors (Lipinski definition) is 3. The maximum absolute atomic E-state index is 4.82. The third-order valence-corrected chi connectivity index (χ3v) is 6.12. The summed E-state index contributed by atoms with van der Waals surface area (Å²) in [6, 6.07) is 12.5. The summed E-state index contributed by atoms with van der Waals surface area (Å²) >= 11 is 0. The molecule has 0 bridgehead atoms. The van der Waals surface area contributed by atoms with Crippen molar-refractivity contribution >= 4 is 40.0 Å². The molecule has 0 radical (unpaired) electrons. The number of aromatic nitrogens is 3. The number of hydrazine groups is 1. The zero-order valence-corrected chi connectivity index (χ0v) is 17.8. The zero-order valence-electron chi connectivity index (χ0n) is 17.8. The second-order valence-corrected chi connectivity index (χ2v) is 8.11. The number of aromatic amines is 1. The molecule has 0 unspecified atom stereocenters. The summed E-state index contributed by atoms with van der Waals surface area (Å²) in [6.45, 7) is 3.66. The third-order valence-electron chi connectivity index (χ3n) is 6.12. The lowest BCUT2D eigenvalue weighted by atomic mass is 10.0. The molecule has 3 N–H and O–H groups in total. The summed E-state index contributed by atoms with van der Waals surface area (Å²) in [5, 5.41) is 6.78. The van der Waals surface area contributed by atoms with Gasteiger partial charge in [0.2, 0.25) is 0 Å². The molecule has 0 atom stereocenters. The van der Waals surface area contributed by atoms with Crippen LogP contribution in [0.2, 0.25) is 0 Å². The van der Waals surface area contributed by atoms with Gasteiger partial charge in [0.15, 0.2) is 0 Å². The minimum Gasteiger partial charge on any atom is -0.361 e. The Bertz CT molecular complexity index is 1380. The Labute approximate surface area is 185 Å². The normalized spacial score (nSPS) is 14.6. The maximum atomic E-state index is 4.82. The van der Waals surface area contributed by atoms with E-state index in [1.165, 1.54) is 22.0 Å². The molecule has 3 aromatic heterocycles. The van der Waals surface area contributed by atoms with Gasteiger partial charge < -0.3 is 10.3 Å². The van der Waals surface area contributed by atoms with Gasteiger partial charge in [-0.1, -0.05) is 18.2 Å². The first-order valence-electron chi connectivity index (χ1n) is 10.8. The van der Waals surface area contributed by atoms with Crippen LogP contribution in [-0.2, 0) is 6.42 Å². The maximum Gasteiger partial charge on any atom is 0.139 e. The molecule has 0 aliphatic carbocycles. The van der Waals surface area contributed by atoms with Crippen molar-refractivity contribution in [2.75, 3.05) is 18.4 Å². The number of aliphatic imine (C=N–C) groups is 1. The SMILES string of the molecule is Cc1cccc2c(CCNN3C=NC4=C(C3)c3ccncc3Nc3ncccc34)c[nH]c12. The molecule has 7 heteroatoms. The summed E-state index contributed by atoms with van der Waals surface area (Å²) in [4.78, 5) is 17.1. The Hall–Kier alpha value is -3.97. The lowest BCUT2D eigenvalue weighted by Crippen LogP contribution is -2.40. The number of hydrogen-bond acceptors (Lipinski definition) is 6. The van der Waals surface area contributed by atoms with Gasteiger partial charge in [-0.2, -0.15) is 0 Å². The molecule has 32 heavy (non-hydrogen) atoms. The molecule has 5 heterocycles. The molecule has 2 aliphatic heterocycles. The van der Waals surface area contributed by atoms with E-state index in [4.69, 9.17) is 4.99 Å². The number of fused-ring (bicyclic) bond motifs is 5. The highest BCUT2D eigenvalue weighted by molar-refractivity contribution is 6.03. The van der Waals surface area contributed by atoms with Gasteiger partial charge in [-0.3, -0.25) is 9.99 Å². The first-order chi connectivity index (χ1) is 15.8. The van der Waals surface area contributed by atoms with Gasteiger partial charge in [0.1, 0.15) is 12.2 Å². The van der Waals surface area contributed by atoms with Gasteiger partial charge in [-0.25, -0.2) is 15.4 Å². The Kier molecular flexibility index (Phi) is 4.47. The van der Waals surface area contributed by atoms with Crippen molar-refractivity contribution in [1.29, 1.82) is 0 Å². The van der Waals surface area contributed by atoms with Crippen molar-refractivity contribution in [3.63, 3.8) is 0 Å². The van der Waals surface area contributed by atoms with Crippen LogP contribution in [0.15, 0.2) is 66.2 Å². The fourth-order valence-electron chi connectivity index (χ4n) is 4.52. The number of nitrogens with one attached hydrogen (secondary N) is 3. The monoisotopic (exact) mass is 421 g/mol. The van der Waals surface area contributed by atoms with Crippen LogP contribution >= 0.6 is 0 Å². The minimum absolute atomic E-state index is 0.707. The van der Waals surface area contributed by atoms with Gasteiger partial charge in [0.05, 0.1) is 24.1 Å². The standard InChI is InChI=1S/C25H23N7/c1-16-4-2-5-18-17(12-28-23(16)18)7-11-30-32-14-21-19-8-10-26-13-22(19)31-25-20(6-3-9-27-25)24(21)29-15-32/h2-6,8-10,12-13,15,28,30H,7,11,14H2,1H3,(H,27,31). The van der Waals surface area contributed by atoms with Crippen LogP contribution in [0, 0.1) is 6.92 Å². The smallest absolute Gasteiger partial charge is 0.139 e. The van der Waals surface area contributed by atoms with E-state index in [1.54, 1.807) is 6.20 Å². The highest BCUT2D eigenvalue weighted by Crippen LogP contribution is 2.40. The second kappa shape index (κ2) is 7.62. The van der Waals surface area contributed by atoms with Crippen molar-refractivity contribution < 1.29 is 0 Å². The molecule has 0 spiro atoms. The Balaban J connectivity index is 1.24. The van der Waals surface area contributed by atoms with Gasteiger partial charge in [-0.05, 0) is 42.7 Å². The van der Waals surface area contributed by atoms with E-state index in [1.807, 2.05) is 30.9 Å². The van der Waals surface area contributed by atoms with E-state index >= 15 is 0 Å². The average molecular weight is 422 g/mol. The molecule has 7 nitrogen and oxygen atoms in total. The van der Waals surface area contributed by atoms with E-state index in [0.29, 0.717) is 6.54 Å². The number of benzene rings is 1. The summed E-state index contributed by atoms with van der Waals surface area (Å²) in [7, 11) is 0. The van der Waals surface area contributed by atoms with Gasteiger partial charge in [0.25, 0.3) is 0 Å². The molecule has 6 rings (SSSR count). The predicted octanol–water partition coefficient (Wildman–Crippen LogP) is 4.28. The van der Waals surface area contributed by atoms with Crippen LogP contribution in [0.5, 0.6) is 0 Å². The number of para-hydroxylation sites is 1. The van der Waals surface area contributed by atoms with Crippen molar-refractivity contribution in [2.45, 2.75) is 13.3 Å². The molecule has 0 saturated heterocycles. The molecular weight excluding hydrogens is 398 g/mol. The van der Waals surface area contributed by atoms with Crippen molar-refractivity contribution in [3.8, 4) is 0 Å². The van der Waals surface area contributed by atoms with Crippen LogP contribution in [0.1, 0.15) is 22.3 Å². The first kappa shape index (κ1) is 18.8. The molecule has 0 amide bonds. The molecular formula is C25H23N7. The van der Waals surface area contributed by atoms with Crippen molar-refractivity contribution in [1.82, 2.24) is 25.4 Å². The van der Waals surface area contributed by atoms with E-state index in [9.17, 15) is 0 Å². The lowest BCUT2D eigenvalue weighted by Gasteiger charge is -2.27. The number of aryl methyl sites for hydroxylation is 1. The minimum atomic E-state index is 0.707. The number of nitrogens with zero attached hydrogens (tertiary/aromatic N) is 4. The molecule has 0 saturated carbocycles. The van der Waals surface area contributed by atoms with Crippen LogP contribution in [0.3, 0.4) is 0 Å². The molecule has 4 aromatic rings. The van der Waals surface area contributed by atoms with Crippen LogP contribution < -0.4 is 10.7 Å². The summed E-state index contributed by atoms with van der Waals surface area (Å²) in [5.74, 6) is 0.805. The zero-order chi connectivity index (χ0) is 21.5. The highest BCUT2D eigenvalue weighted by Gasteiger charge is 2.25. The molecule has 158 valence electrons. The Morgan fingerprint density at radius 3 is 3.03 bits per heavy atom. The van der Waals surface area contributed by atoms with Crippen molar-refractivity contribution in [3.05, 3.63) is 83.4 Å². The number of pyridine rings is 2. The third kappa shape index (κ3) is 3.14. The average Bonchev–Trinajstić information content (AvgIpc) is 3.18. The second-order valence-electron chi connectivity index (χ2n) is 8.11. The van der Waals surface area contributed by atoms with Crippen molar-refractivity contribution in [2.24, 2.45) is 4.99 Å². The number of rotatable bonds is 4. The topological polar surface area (TPSA) is 81.2 Å². The van der Waals surface area contributed by atoms with E-state index in [0.717, 1.165) is 46.9 Å². The van der Waals surface area contributed by atoms with E-state index in [-0.39, 0.29) is 0 Å². The van der Waals surface area contributed by atoms with Gasteiger partial charge >= 0.3 is 0 Å². The quantitative estimate of drug-likeness (QED) is 0.458. The number of anilines is 2. The van der Waals surface area contributed by atoms with E-state index < -0.39 is 0 Å². The van der Waals surface area contributed by atoms with Crippen LogP contribution in [0.25, 0.3) is 22.2 Å². The van der Waals surface area contributed by atoms with Gasteiger partial charge in [0, 0.05) is 52.7 Å². The summed E-state index contributed by atoms with van der Waals surface area (Å²) in [6.07, 6.45) is 10.4. The van der Waals surface area contributed by atoms with Gasteiger partial charge in [-0.15, -0.1) is 0 Å². The summed E-state index contributed by atoms with van der Waals surface area (Å²) in [5.41, 5.74) is 12.5. The largest absolute Gasteiger partial charge is 0.361 e. The summed E-state index contributed by atoms with van der Waals surface area (Å²) < 4.78 is 0. The number of H-pyrrole nitrogens is 1. The predicted molar refractivity (Wildman–Crippen MR) is 129 cm³/mol.